The quantitative estimate of drug-likeness (QED) is 0.576. The van der Waals surface area contributed by atoms with E-state index in [1.54, 1.807) is 0 Å². The normalized spacial score (nSPS) is 9.00. The molecule has 4 heteroatoms. The maximum atomic E-state index is 5.66. The molecule has 1 aromatic rings. The third-order valence-corrected chi connectivity index (χ3v) is 2.54. The van der Waals surface area contributed by atoms with Crippen molar-refractivity contribution in [1.29, 1.82) is 0 Å². The van der Waals surface area contributed by atoms with Gasteiger partial charge in [-0.05, 0) is 56.5 Å². The van der Waals surface area contributed by atoms with Crippen molar-refractivity contribution in [3.05, 3.63) is 26.6 Å². The number of halogens is 2. The van der Waals surface area contributed by atoms with E-state index in [1.165, 1.54) is 5.56 Å². The molecule has 0 aromatic heterocycles. The standard InChI is InChI=1S/C7H7Br2N.Na.H/c1-4-2-5(8)7(10)6(9)3-4;;/h2-3H,10H2,1H3;;. The summed E-state index contributed by atoms with van der Waals surface area (Å²) in [7, 11) is 0. The zero-order chi connectivity index (χ0) is 7.72. The molecule has 0 heterocycles. The fourth-order valence-corrected chi connectivity index (χ4v) is 2.13. The number of anilines is 1. The van der Waals surface area contributed by atoms with Gasteiger partial charge in [0.2, 0.25) is 0 Å². The van der Waals surface area contributed by atoms with Crippen LogP contribution in [0.25, 0.3) is 0 Å². The Balaban J connectivity index is 0.000001000. The van der Waals surface area contributed by atoms with Crippen molar-refractivity contribution >= 4 is 67.1 Å². The first-order valence-corrected chi connectivity index (χ1v) is 4.41. The van der Waals surface area contributed by atoms with Crippen molar-refractivity contribution in [1.82, 2.24) is 0 Å². The summed E-state index contributed by atoms with van der Waals surface area (Å²) < 4.78 is 1.89. The summed E-state index contributed by atoms with van der Waals surface area (Å²) in [6.45, 7) is 2.02. The van der Waals surface area contributed by atoms with Gasteiger partial charge >= 0.3 is 29.6 Å². The average Bonchev–Trinajstić information content (AvgIpc) is 1.82. The molecule has 11 heavy (non-hydrogen) atoms. The van der Waals surface area contributed by atoms with Crippen LogP contribution in [0.3, 0.4) is 0 Å². The Bertz CT molecular complexity index is 240. The molecule has 0 radical (unpaired) electrons. The summed E-state index contributed by atoms with van der Waals surface area (Å²) in [4.78, 5) is 0. The van der Waals surface area contributed by atoms with Gasteiger partial charge in [0.25, 0.3) is 0 Å². The van der Waals surface area contributed by atoms with Crippen molar-refractivity contribution in [2.45, 2.75) is 6.92 Å². The monoisotopic (exact) mass is 287 g/mol. The van der Waals surface area contributed by atoms with E-state index >= 15 is 0 Å². The molecule has 1 rings (SSSR count). The van der Waals surface area contributed by atoms with Crippen LogP contribution in [0.2, 0.25) is 0 Å². The predicted molar refractivity (Wildman–Crippen MR) is 58.1 cm³/mol. The molecule has 0 aliphatic carbocycles. The Hall–Kier alpha value is 0.980. The van der Waals surface area contributed by atoms with Crippen LogP contribution in [0.1, 0.15) is 5.56 Å². The Kier molecular flexibility index (Phi) is 5.31. The van der Waals surface area contributed by atoms with E-state index in [4.69, 9.17) is 5.73 Å². The average molecular weight is 289 g/mol. The molecule has 0 unspecified atom stereocenters. The van der Waals surface area contributed by atoms with Crippen molar-refractivity contribution in [2.75, 3.05) is 5.73 Å². The number of benzene rings is 1. The molecule has 56 valence electrons. The summed E-state index contributed by atoms with van der Waals surface area (Å²) in [5.74, 6) is 0. The molecule has 0 aliphatic heterocycles. The number of hydrogen-bond donors (Lipinski definition) is 1. The molecule has 1 nitrogen and oxygen atoms in total. The minimum atomic E-state index is 0. The van der Waals surface area contributed by atoms with Crippen molar-refractivity contribution in [3.8, 4) is 0 Å². The van der Waals surface area contributed by atoms with Gasteiger partial charge in [-0.15, -0.1) is 0 Å². The minimum absolute atomic E-state index is 0. The summed E-state index contributed by atoms with van der Waals surface area (Å²) in [5, 5.41) is 0. The zero-order valence-electron chi connectivity index (χ0n) is 5.49. The summed E-state index contributed by atoms with van der Waals surface area (Å²) in [6.07, 6.45) is 0. The summed E-state index contributed by atoms with van der Waals surface area (Å²) in [5.41, 5.74) is 7.60. The van der Waals surface area contributed by atoms with E-state index in [9.17, 15) is 0 Å². The molecule has 0 saturated carbocycles. The van der Waals surface area contributed by atoms with Crippen LogP contribution in [0.4, 0.5) is 5.69 Å². The van der Waals surface area contributed by atoms with Crippen molar-refractivity contribution < 1.29 is 0 Å². The van der Waals surface area contributed by atoms with E-state index in [-0.39, 0.29) is 29.6 Å². The molecule has 0 spiro atoms. The van der Waals surface area contributed by atoms with E-state index in [1.807, 2.05) is 19.1 Å². The van der Waals surface area contributed by atoms with Gasteiger partial charge < -0.3 is 5.73 Å². The van der Waals surface area contributed by atoms with Crippen LogP contribution in [0.15, 0.2) is 21.1 Å². The Morgan fingerprint density at radius 2 is 1.55 bits per heavy atom. The number of nitrogen functional groups attached to an aromatic ring is 1. The predicted octanol–water partition coefficient (Wildman–Crippen LogP) is 2.45. The van der Waals surface area contributed by atoms with Crippen LogP contribution in [-0.2, 0) is 0 Å². The van der Waals surface area contributed by atoms with Gasteiger partial charge in [-0.1, -0.05) is 0 Å². The number of rotatable bonds is 0. The first-order valence-electron chi connectivity index (χ1n) is 2.82. The van der Waals surface area contributed by atoms with Crippen LogP contribution < -0.4 is 5.73 Å². The van der Waals surface area contributed by atoms with Crippen LogP contribution in [0.5, 0.6) is 0 Å². The van der Waals surface area contributed by atoms with E-state index < -0.39 is 0 Å². The molecule has 2 N–H and O–H groups in total. The molecule has 1 aromatic carbocycles. The number of hydrogen-bond acceptors (Lipinski definition) is 1. The molecule has 0 atom stereocenters. The fraction of sp³-hybridized carbons (Fsp3) is 0.143. The number of nitrogens with two attached hydrogens (primary N) is 1. The fourth-order valence-electron chi connectivity index (χ4n) is 0.711. The SMILES string of the molecule is Cc1cc(Br)c(N)c(Br)c1.[NaH]. The maximum absolute atomic E-state index is 5.66. The van der Waals surface area contributed by atoms with Crippen molar-refractivity contribution in [3.63, 3.8) is 0 Å². The molecule has 0 bridgehead atoms. The topological polar surface area (TPSA) is 26.0 Å². The first kappa shape index (κ1) is 12.0. The van der Waals surface area contributed by atoms with E-state index in [0.29, 0.717) is 0 Å². The van der Waals surface area contributed by atoms with E-state index in [0.717, 1.165) is 14.6 Å². The zero-order valence-corrected chi connectivity index (χ0v) is 8.66. The number of aryl methyl sites for hydroxylation is 1. The first-order chi connectivity index (χ1) is 4.61. The second kappa shape index (κ2) is 4.87. The van der Waals surface area contributed by atoms with Crippen LogP contribution >= 0.6 is 31.9 Å². The molecule has 0 aliphatic rings. The summed E-state index contributed by atoms with van der Waals surface area (Å²) >= 11 is 6.68. The third kappa shape index (κ3) is 3.07. The second-order valence-corrected chi connectivity index (χ2v) is 3.85. The molecule has 0 amide bonds. The van der Waals surface area contributed by atoms with Crippen LogP contribution in [0, 0.1) is 6.92 Å². The van der Waals surface area contributed by atoms with Gasteiger partial charge in [0.05, 0.1) is 5.69 Å². The van der Waals surface area contributed by atoms with Gasteiger partial charge in [0.1, 0.15) is 0 Å². The summed E-state index contributed by atoms with van der Waals surface area (Å²) in [6, 6.07) is 3.97. The second-order valence-electron chi connectivity index (χ2n) is 2.14. The molecule has 0 saturated heterocycles. The van der Waals surface area contributed by atoms with Gasteiger partial charge in [-0.25, -0.2) is 0 Å². The Labute approximate surface area is 105 Å². The van der Waals surface area contributed by atoms with E-state index in [2.05, 4.69) is 31.9 Å². The molecule has 0 fully saturated rings. The van der Waals surface area contributed by atoms with Gasteiger partial charge in [0.15, 0.2) is 0 Å². The third-order valence-electron chi connectivity index (χ3n) is 1.22. The molecular formula is C7H8Br2NNa. The van der Waals surface area contributed by atoms with Gasteiger partial charge in [-0.3, -0.25) is 0 Å². The van der Waals surface area contributed by atoms with Crippen LogP contribution in [-0.4, -0.2) is 29.6 Å². The van der Waals surface area contributed by atoms with Crippen molar-refractivity contribution in [2.24, 2.45) is 0 Å². The van der Waals surface area contributed by atoms with Gasteiger partial charge in [-0.2, -0.15) is 0 Å². The Morgan fingerprint density at radius 3 is 1.91 bits per heavy atom. The molecular weight excluding hydrogens is 281 g/mol. The Morgan fingerprint density at radius 1 is 1.18 bits per heavy atom. The van der Waals surface area contributed by atoms with Gasteiger partial charge in [0, 0.05) is 8.95 Å².